The van der Waals surface area contributed by atoms with E-state index in [0.29, 0.717) is 5.70 Å². The van der Waals surface area contributed by atoms with Crippen LogP contribution >= 0.6 is 11.3 Å². The quantitative estimate of drug-likeness (QED) is 0.777. The zero-order chi connectivity index (χ0) is 11.0. The van der Waals surface area contributed by atoms with Gasteiger partial charge in [0.25, 0.3) is 0 Å². The molecule has 0 aliphatic carbocycles. The van der Waals surface area contributed by atoms with Gasteiger partial charge in [-0.05, 0) is 6.92 Å². The summed E-state index contributed by atoms with van der Waals surface area (Å²) in [6, 6.07) is 0. The fraction of sp³-hybridized carbons (Fsp3) is 0.222. The van der Waals surface area contributed by atoms with Crippen LogP contribution in [0.1, 0.15) is 17.0 Å². The maximum atomic E-state index is 11.1. The van der Waals surface area contributed by atoms with E-state index < -0.39 is 5.97 Å². The van der Waals surface area contributed by atoms with E-state index in [9.17, 15) is 9.59 Å². The molecule has 0 fully saturated rings. The third-order valence-corrected chi connectivity index (χ3v) is 3.08. The molecule has 0 saturated carbocycles. The van der Waals surface area contributed by atoms with Gasteiger partial charge in [0, 0.05) is 0 Å². The van der Waals surface area contributed by atoms with Gasteiger partial charge >= 0.3 is 5.97 Å². The zero-order valence-corrected chi connectivity index (χ0v) is 8.72. The Morgan fingerprint density at radius 2 is 2.40 bits per heavy atom. The Kier molecular flexibility index (Phi) is 2.28. The minimum absolute atomic E-state index is 0.0675. The Morgan fingerprint density at radius 1 is 1.67 bits per heavy atom. The number of carboxylic acid groups (broad SMARTS) is 1. The minimum Gasteiger partial charge on any atom is -0.478 e. The Morgan fingerprint density at radius 3 is 2.93 bits per heavy atom. The number of aryl methyl sites for hydroxylation is 1. The molecule has 2 rings (SSSR count). The fourth-order valence-corrected chi connectivity index (χ4v) is 2.26. The van der Waals surface area contributed by atoms with Crippen molar-refractivity contribution in [2.45, 2.75) is 13.3 Å². The van der Waals surface area contributed by atoms with Crippen LogP contribution in [0.4, 0.5) is 0 Å². The van der Waals surface area contributed by atoms with Gasteiger partial charge in [-0.15, -0.1) is 11.3 Å². The molecule has 0 saturated heterocycles. The van der Waals surface area contributed by atoms with Crippen LogP contribution in [0.15, 0.2) is 11.1 Å². The SMILES string of the molecule is Cc1ncsc1C1=C(C(=O)O)CC(=O)N1. The van der Waals surface area contributed by atoms with Crippen LogP contribution in [0, 0.1) is 6.92 Å². The summed E-state index contributed by atoms with van der Waals surface area (Å²) in [6.07, 6.45) is -0.0675. The third-order valence-electron chi connectivity index (χ3n) is 2.13. The highest BCUT2D eigenvalue weighted by molar-refractivity contribution is 7.11. The van der Waals surface area contributed by atoms with Gasteiger partial charge in [-0.1, -0.05) is 0 Å². The van der Waals surface area contributed by atoms with Crippen LogP contribution in [0.2, 0.25) is 0 Å². The minimum atomic E-state index is -1.06. The summed E-state index contributed by atoms with van der Waals surface area (Å²) in [5, 5.41) is 11.5. The maximum absolute atomic E-state index is 11.1. The van der Waals surface area contributed by atoms with Gasteiger partial charge in [-0.2, -0.15) is 0 Å². The van der Waals surface area contributed by atoms with Crippen molar-refractivity contribution in [2.24, 2.45) is 0 Å². The van der Waals surface area contributed by atoms with Gasteiger partial charge in [0.05, 0.1) is 33.8 Å². The van der Waals surface area contributed by atoms with Crippen LogP contribution in [-0.2, 0) is 9.59 Å². The van der Waals surface area contributed by atoms with E-state index in [1.165, 1.54) is 11.3 Å². The molecule has 15 heavy (non-hydrogen) atoms. The number of hydrogen-bond donors (Lipinski definition) is 2. The largest absolute Gasteiger partial charge is 0.478 e. The van der Waals surface area contributed by atoms with Crippen molar-refractivity contribution in [3.05, 3.63) is 21.7 Å². The topological polar surface area (TPSA) is 79.3 Å². The number of aliphatic carboxylic acids is 1. The summed E-state index contributed by atoms with van der Waals surface area (Å²) in [5.74, 6) is -1.34. The van der Waals surface area contributed by atoms with Gasteiger partial charge in [0.15, 0.2) is 0 Å². The first-order chi connectivity index (χ1) is 7.09. The molecule has 0 spiro atoms. The number of aromatic nitrogens is 1. The molecule has 0 aromatic carbocycles. The summed E-state index contributed by atoms with van der Waals surface area (Å²) in [5.41, 5.74) is 2.87. The Bertz CT molecular complexity index is 475. The van der Waals surface area contributed by atoms with Crippen molar-refractivity contribution in [1.29, 1.82) is 0 Å². The lowest BCUT2D eigenvalue weighted by atomic mass is 10.1. The van der Waals surface area contributed by atoms with E-state index in [0.717, 1.165) is 10.6 Å². The van der Waals surface area contributed by atoms with Gasteiger partial charge in [0.1, 0.15) is 0 Å². The molecule has 2 heterocycles. The molecule has 1 aromatic heterocycles. The van der Waals surface area contributed by atoms with Crippen LogP contribution in [0.3, 0.4) is 0 Å². The zero-order valence-electron chi connectivity index (χ0n) is 7.90. The molecule has 1 aromatic rings. The molecular formula is C9H8N2O3S. The van der Waals surface area contributed by atoms with E-state index in [2.05, 4.69) is 10.3 Å². The Hall–Kier alpha value is -1.69. The van der Waals surface area contributed by atoms with Crippen molar-refractivity contribution >= 4 is 28.9 Å². The van der Waals surface area contributed by atoms with E-state index in [4.69, 9.17) is 5.11 Å². The fourth-order valence-electron chi connectivity index (χ4n) is 1.43. The van der Waals surface area contributed by atoms with Gasteiger partial charge in [0.2, 0.25) is 5.91 Å². The van der Waals surface area contributed by atoms with Gasteiger partial charge in [-0.25, -0.2) is 9.78 Å². The number of amides is 1. The van der Waals surface area contributed by atoms with E-state index in [1.807, 2.05) is 0 Å². The molecule has 1 amide bonds. The predicted octanol–water partition coefficient (Wildman–Crippen LogP) is 0.767. The number of carboxylic acids is 1. The average molecular weight is 224 g/mol. The van der Waals surface area contributed by atoms with Crippen molar-refractivity contribution in [3.63, 3.8) is 0 Å². The molecule has 0 unspecified atom stereocenters. The smallest absolute Gasteiger partial charge is 0.334 e. The molecule has 0 radical (unpaired) electrons. The second kappa shape index (κ2) is 3.47. The Labute approximate surface area is 89.5 Å². The highest BCUT2D eigenvalue weighted by Crippen LogP contribution is 2.28. The maximum Gasteiger partial charge on any atom is 0.334 e. The van der Waals surface area contributed by atoms with E-state index >= 15 is 0 Å². The number of carbonyl (C=O) groups excluding carboxylic acids is 1. The van der Waals surface area contributed by atoms with Gasteiger partial charge < -0.3 is 10.4 Å². The first-order valence-corrected chi connectivity index (χ1v) is 5.14. The monoisotopic (exact) mass is 224 g/mol. The molecule has 1 aliphatic rings. The lowest BCUT2D eigenvalue weighted by Gasteiger charge is -2.01. The van der Waals surface area contributed by atoms with Crippen molar-refractivity contribution in [2.75, 3.05) is 0 Å². The molecule has 1 aliphatic heterocycles. The molecule has 2 N–H and O–H groups in total. The number of thiazole rings is 1. The molecule has 6 heteroatoms. The first kappa shape index (κ1) is 9.85. The van der Waals surface area contributed by atoms with Crippen molar-refractivity contribution in [1.82, 2.24) is 10.3 Å². The lowest BCUT2D eigenvalue weighted by Crippen LogP contribution is -2.13. The summed E-state index contributed by atoms with van der Waals surface area (Å²) in [7, 11) is 0. The van der Waals surface area contributed by atoms with Crippen LogP contribution < -0.4 is 5.32 Å². The predicted molar refractivity (Wildman–Crippen MR) is 54.2 cm³/mol. The number of carbonyl (C=O) groups is 2. The van der Waals surface area contributed by atoms with E-state index in [1.54, 1.807) is 12.4 Å². The van der Waals surface area contributed by atoms with Crippen LogP contribution in [-0.4, -0.2) is 22.0 Å². The normalized spacial score (nSPS) is 15.7. The average Bonchev–Trinajstić information content (AvgIpc) is 2.71. The second-order valence-corrected chi connectivity index (χ2v) is 4.01. The number of rotatable bonds is 2. The Balaban J connectivity index is 2.51. The summed E-state index contributed by atoms with van der Waals surface area (Å²) >= 11 is 1.32. The van der Waals surface area contributed by atoms with Gasteiger partial charge in [-0.3, -0.25) is 4.79 Å². The van der Waals surface area contributed by atoms with Crippen molar-refractivity contribution in [3.8, 4) is 0 Å². The summed E-state index contributed by atoms with van der Waals surface area (Å²) in [4.78, 5) is 26.8. The summed E-state index contributed by atoms with van der Waals surface area (Å²) < 4.78 is 0. The molecule has 0 bridgehead atoms. The number of nitrogens with one attached hydrogen (secondary N) is 1. The van der Waals surface area contributed by atoms with Crippen molar-refractivity contribution < 1.29 is 14.7 Å². The second-order valence-electron chi connectivity index (χ2n) is 3.15. The highest BCUT2D eigenvalue weighted by Gasteiger charge is 2.28. The van der Waals surface area contributed by atoms with Crippen LogP contribution in [0.5, 0.6) is 0 Å². The molecular weight excluding hydrogens is 216 g/mol. The molecule has 0 atom stereocenters. The van der Waals surface area contributed by atoms with E-state index in [-0.39, 0.29) is 17.9 Å². The first-order valence-electron chi connectivity index (χ1n) is 4.26. The summed E-state index contributed by atoms with van der Waals surface area (Å²) in [6.45, 7) is 1.78. The van der Waals surface area contributed by atoms with Crippen LogP contribution in [0.25, 0.3) is 5.70 Å². The molecule has 5 nitrogen and oxygen atoms in total. The number of nitrogens with zero attached hydrogens (tertiary/aromatic N) is 1. The number of hydrogen-bond acceptors (Lipinski definition) is 4. The lowest BCUT2D eigenvalue weighted by molar-refractivity contribution is -0.133. The standard InChI is InChI=1S/C9H8N2O3S/c1-4-8(15-3-10-4)7-5(9(13)14)2-6(12)11-7/h3H,2H2,1H3,(H,11,12)(H,13,14). The third kappa shape index (κ3) is 1.63. The highest BCUT2D eigenvalue weighted by atomic mass is 32.1. The molecule has 78 valence electrons.